The minimum Gasteiger partial charge on any atom is -0.493 e. The smallest absolute Gasteiger partial charge is 0.242 e. The number of likely N-dealkylation sites (N-methyl/N-ethyl adjacent to an activating group) is 1. The molecule has 2 aliphatic rings. The number of carbonyl (C=O) groups excluding carboxylic acids is 2. The van der Waals surface area contributed by atoms with Crippen molar-refractivity contribution < 1.29 is 23.8 Å². The number of thioether (sulfide) groups is 1. The van der Waals surface area contributed by atoms with Gasteiger partial charge in [-0.3, -0.25) is 19.3 Å². The van der Waals surface area contributed by atoms with E-state index >= 15 is 0 Å². The van der Waals surface area contributed by atoms with Crippen LogP contribution < -0.4 is 35.6 Å². The molecule has 0 spiro atoms. The van der Waals surface area contributed by atoms with E-state index in [-0.39, 0.29) is 17.2 Å². The van der Waals surface area contributed by atoms with E-state index in [9.17, 15) is 14.4 Å². The average molecular weight is 627 g/mol. The number of hydrogen-bond donors (Lipinski definition) is 3. The van der Waals surface area contributed by atoms with Gasteiger partial charge in [-0.2, -0.15) is 11.8 Å². The highest BCUT2D eigenvalue weighted by molar-refractivity contribution is 7.98. The lowest BCUT2D eigenvalue weighted by Crippen LogP contribution is -2.46. The molecule has 2 aromatic carbocycles. The molecule has 1 aliphatic carbocycles. The molecule has 0 aromatic heterocycles. The Hall–Kier alpha value is -3.44. The fourth-order valence-corrected chi connectivity index (χ4v) is 6.87. The quantitative estimate of drug-likeness (QED) is 0.303. The zero-order chi connectivity index (χ0) is 31.8. The second-order valence-electron chi connectivity index (χ2n) is 11.2. The van der Waals surface area contributed by atoms with Crippen LogP contribution in [0.25, 0.3) is 11.1 Å². The van der Waals surface area contributed by atoms with Crippen molar-refractivity contribution in [3.63, 3.8) is 0 Å². The van der Waals surface area contributed by atoms with Gasteiger partial charge in [-0.1, -0.05) is 13.0 Å². The van der Waals surface area contributed by atoms with Crippen LogP contribution in [0.4, 0.5) is 5.69 Å². The third-order valence-corrected chi connectivity index (χ3v) is 9.23. The van der Waals surface area contributed by atoms with Gasteiger partial charge >= 0.3 is 0 Å². The van der Waals surface area contributed by atoms with Crippen molar-refractivity contribution in [2.24, 2.45) is 0 Å². The standard InChI is InChI=1S/C33H46N4O6S/c1-7-37-15-8-9-22(37)19-34-33(40)27(14-16-44-6)36-26-13-11-23-24(18-28(26)39)25(35-20(2)38)12-10-21-17-29(41-3)31(42-4)32(43-5)30(21)23/h11,13,17-18,22,25,27H,7-10,12,14-16,19H2,1-6H3,(H,34,40)(H,35,38)(H,36,39)/t22?,25-,27-/m1/s1. The van der Waals surface area contributed by atoms with Crippen molar-refractivity contribution in [1.29, 1.82) is 0 Å². The highest BCUT2D eigenvalue weighted by Crippen LogP contribution is 2.50. The third-order valence-electron chi connectivity index (χ3n) is 8.59. The summed E-state index contributed by atoms with van der Waals surface area (Å²) >= 11 is 1.66. The van der Waals surface area contributed by atoms with Gasteiger partial charge in [0.05, 0.1) is 33.1 Å². The maximum absolute atomic E-state index is 13.8. The fraction of sp³-hybridized carbons (Fsp3) is 0.545. The Morgan fingerprint density at radius 3 is 2.52 bits per heavy atom. The zero-order valence-electron chi connectivity index (χ0n) is 26.7. The first-order valence-corrected chi connectivity index (χ1v) is 16.7. The summed E-state index contributed by atoms with van der Waals surface area (Å²) < 4.78 is 17.2. The molecule has 1 saturated heterocycles. The molecule has 0 radical (unpaired) electrons. The molecule has 3 atom stereocenters. The first kappa shape index (κ1) is 33.5. The first-order valence-electron chi connectivity index (χ1n) is 15.3. The Kier molecular flexibility index (Phi) is 11.8. The number of likely N-dealkylation sites (tertiary alicyclic amines) is 1. The molecule has 1 unspecified atom stereocenters. The van der Waals surface area contributed by atoms with Gasteiger partial charge in [0.15, 0.2) is 11.5 Å². The molecule has 2 amide bonds. The summed E-state index contributed by atoms with van der Waals surface area (Å²) in [5.41, 5.74) is 3.20. The number of nitrogens with one attached hydrogen (secondary N) is 3. The van der Waals surface area contributed by atoms with E-state index in [1.165, 1.54) is 6.92 Å². The molecule has 0 bridgehead atoms. The minimum atomic E-state index is -0.578. The molecular weight excluding hydrogens is 580 g/mol. The number of ether oxygens (including phenoxy) is 3. The second kappa shape index (κ2) is 15.5. The Balaban J connectivity index is 1.76. The number of anilines is 1. The molecule has 2 aromatic rings. The number of rotatable bonds is 13. The van der Waals surface area contributed by atoms with Gasteiger partial charge in [-0.15, -0.1) is 0 Å². The topological polar surface area (TPSA) is 118 Å². The third kappa shape index (κ3) is 7.43. The van der Waals surface area contributed by atoms with Crippen molar-refractivity contribution in [3.05, 3.63) is 45.6 Å². The lowest BCUT2D eigenvalue weighted by atomic mass is 9.95. The molecule has 1 heterocycles. The zero-order valence-corrected chi connectivity index (χ0v) is 27.5. The molecule has 11 heteroatoms. The summed E-state index contributed by atoms with van der Waals surface area (Å²) in [5.74, 6) is 1.93. The van der Waals surface area contributed by atoms with Crippen LogP contribution in [0.5, 0.6) is 17.2 Å². The molecule has 1 fully saturated rings. The lowest BCUT2D eigenvalue weighted by Gasteiger charge is -2.25. The Bertz CT molecular complexity index is 1400. The summed E-state index contributed by atoms with van der Waals surface area (Å²) in [7, 11) is 4.70. The Labute approximate surface area is 264 Å². The summed E-state index contributed by atoms with van der Waals surface area (Å²) in [6.07, 6.45) is 5.95. The molecule has 1 aliphatic heterocycles. The van der Waals surface area contributed by atoms with Crippen molar-refractivity contribution >= 4 is 29.3 Å². The molecule has 0 saturated carbocycles. The van der Waals surface area contributed by atoms with E-state index < -0.39 is 12.1 Å². The lowest BCUT2D eigenvalue weighted by molar-refractivity contribution is -0.122. The van der Waals surface area contributed by atoms with Crippen molar-refractivity contribution in [2.45, 2.75) is 64.1 Å². The summed E-state index contributed by atoms with van der Waals surface area (Å²) in [5, 5.41) is 9.45. The van der Waals surface area contributed by atoms with Crippen LogP contribution in [-0.2, 0) is 16.0 Å². The number of aryl methyl sites for hydroxylation is 1. The van der Waals surface area contributed by atoms with E-state index in [1.807, 2.05) is 18.4 Å². The van der Waals surface area contributed by atoms with Crippen molar-refractivity contribution in [3.8, 4) is 28.4 Å². The largest absolute Gasteiger partial charge is 0.493 e. The van der Waals surface area contributed by atoms with Gasteiger partial charge in [0.2, 0.25) is 23.0 Å². The Morgan fingerprint density at radius 2 is 1.86 bits per heavy atom. The van der Waals surface area contributed by atoms with Gasteiger partial charge in [-0.05, 0) is 92.1 Å². The number of nitrogens with zero attached hydrogens (tertiary/aromatic N) is 1. The maximum atomic E-state index is 13.8. The number of fused-ring (bicyclic) bond motifs is 3. The second-order valence-corrected chi connectivity index (χ2v) is 12.2. The first-order chi connectivity index (χ1) is 21.3. The predicted octanol–water partition coefficient (Wildman–Crippen LogP) is 4.00. The van der Waals surface area contributed by atoms with E-state index in [2.05, 4.69) is 27.8 Å². The minimum absolute atomic E-state index is 0.116. The summed E-state index contributed by atoms with van der Waals surface area (Å²) in [6.45, 7) is 6.23. The molecule has 44 heavy (non-hydrogen) atoms. The highest BCUT2D eigenvalue weighted by atomic mass is 32.2. The molecular formula is C33H46N4O6S. The van der Waals surface area contributed by atoms with Crippen LogP contribution in [0, 0.1) is 0 Å². The van der Waals surface area contributed by atoms with Gasteiger partial charge in [0.25, 0.3) is 0 Å². The Morgan fingerprint density at radius 1 is 1.09 bits per heavy atom. The summed E-state index contributed by atoms with van der Waals surface area (Å²) in [6, 6.07) is 6.44. The van der Waals surface area contributed by atoms with Crippen LogP contribution in [-0.4, -0.2) is 81.8 Å². The number of amides is 2. The predicted molar refractivity (Wildman–Crippen MR) is 176 cm³/mol. The van der Waals surface area contributed by atoms with Crippen LogP contribution in [0.3, 0.4) is 0 Å². The highest BCUT2D eigenvalue weighted by Gasteiger charge is 2.30. The van der Waals surface area contributed by atoms with E-state index in [4.69, 9.17) is 14.2 Å². The normalized spacial score (nSPS) is 18.3. The number of methoxy groups -OCH3 is 3. The molecule has 4 rings (SSSR count). The number of carbonyl (C=O) groups is 2. The average Bonchev–Trinajstić information content (AvgIpc) is 3.36. The number of hydrogen-bond acceptors (Lipinski definition) is 9. The molecule has 240 valence electrons. The molecule has 10 nitrogen and oxygen atoms in total. The van der Waals surface area contributed by atoms with Gasteiger partial charge in [0.1, 0.15) is 6.04 Å². The monoisotopic (exact) mass is 626 g/mol. The van der Waals surface area contributed by atoms with Gasteiger partial charge in [-0.25, -0.2) is 0 Å². The SMILES string of the molecule is CCN1CCCC1CNC(=O)[C@@H](CCSC)Nc1ccc2c(cc1=O)[C@H](NC(C)=O)CCc1cc(OC)c(OC)c(OC)c1-2. The van der Waals surface area contributed by atoms with Crippen LogP contribution in [0.15, 0.2) is 29.1 Å². The van der Waals surface area contributed by atoms with E-state index in [1.54, 1.807) is 45.2 Å². The van der Waals surface area contributed by atoms with E-state index in [0.29, 0.717) is 60.3 Å². The van der Waals surface area contributed by atoms with Gasteiger partial charge in [0, 0.05) is 25.1 Å². The van der Waals surface area contributed by atoms with Crippen LogP contribution in [0.1, 0.15) is 56.7 Å². The van der Waals surface area contributed by atoms with Crippen LogP contribution in [0.2, 0.25) is 0 Å². The molecule has 3 N–H and O–H groups in total. The van der Waals surface area contributed by atoms with Gasteiger partial charge < -0.3 is 30.2 Å². The maximum Gasteiger partial charge on any atom is 0.242 e. The number of benzene rings is 1. The van der Waals surface area contributed by atoms with Crippen LogP contribution >= 0.6 is 11.8 Å². The van der Waals surface area contributed by atoms with Crippen molar-refractivity contribution in [2.75, 3.05) is 58.3 Å². The fourth-order valence-electron chi connectivity index (χ4n) is 6.40. The summed E-state index contributed by atoms with van der Waals surface area (Å²) in [4.78, 5) is 41.9. The van der Waals surface area contributed by atoms with Crippen molar-refractivity contribution in [1.82, 2.24) is 15.5 Å². The van der Waals surface area contributed by atoms with E-state index in [0.717, 1.165) is 48.4 Å².